The largest absolute Gasteiger partial charge is 0.479 e. The highest BCUT2D eigenvalue weighted by molar-refractivity contribution is 5.78. The number of carboxylic acid groups (broad SMARTS) is 1. The van der Waals surface area contributed by atoms with E-state index in [1.165, 1.54) is 7.11 Å². The van der Waals surface area contributed by atoms with Gasteiger partial charge in [0.05, 0.1) is 6.54 Å². The van der Waals surface area contributed by atoms with Gasteiger partial charge in [0.25, 0.3) is 0 Å². The number of nitrogens with one attached hydrogen (secondary N) is 1. The Hall–Kier alpha value is -1.88. The molecule has 0 saturated heterocycles. The molecule has 1 aromatic carbocycles. The molecule has 0 aliphatic rings. The van der Waals surface area contributed by atoms with Gasteiger partial charge < -0.3 is 15.2 Å². The molecule has 0 bridgehead atoms. The third kappa shape index (κ3) is 5.09. The summed E-state index contributed by atoms with van der Waals surface area (Å²) in [6.07, 6.45) is -0.0214. The van der Waals surface area contributed by atoms with Crippen LogP contribution in [0.5, 0.6) is 0 Å². The van der Waals surface area contributed by atoms with Gasteiger partial charge in [0.15, 0.2) is 6.10 Å². The number of benzene rings is 1. The molecule has 0 spiro atoms. The summed E-state index contributed by atoms with van der Waals surface area (Å²) in [6, 6.07) is 7.87. The van der Waals surface area contributed by atoms with E-state index in [1.54, 1.807) is 0 Å². The highest BCUT2D eigenvalue weighted by Gasteiger charge is 2.16. The Balaban J connectivity index is 2.36. The van der Waals surface area contributed by atoms with Crippen molar-refractivity contribution in [1.82, 2.24) is 5.32 Å². The first-order valence-electron chi connectivity index (χ1n) is 6.11. The first-order valence-corrected chi connectivity index (χ1v) is 6.11. The summed E-state index contributed by atoms with van der Waals surface area (Å²) in [5, 5.41) is 11.3. The summed E-state index contributed by atoms with van der Waals surface area (Å²) >= 11 is 0. The van der Waals surface area contributed by atoms with Crippen LogP contribution in [0.25, 0.3) is 0 Å². The van der Waals surface area contributed by atoms with E-state index in [2.05, 4.69) is 5.32 Å². The van der Waals surface area contributed by atoms with E-state index in [0.29, 0.717) is 12.8 Å². The predicted molar refractivity (Wildman–Crippen MR) is 70.9 cm³/mol. The Morgan fingerprint density at radius 3 is 2.63 bits per heavy atom. The molecule has 5 nitrogen and oxygen atoms in total. The summed E-state index contributed by atoms with van der Waals surface area (Å²) in [5.74, 6) is -1.26. The number of aliphatic carboxylic acids is 1. The summed E-state index contributed by atoms with van der Waals surface area (Å²) in [7, 11) is 1.30. The second-order valence-electron chi connectivity index (χ2n) is 4.29. The van der Waals surface area contributed by atoms with Crippen LogP contribution in [-0.2, 0) is 20.7 Å². The smallest absolute Gasteiger partial charge is 0.334 e. The van der Waals surface area contributed by atoms with E-state index >= 15 is 0 Å². The molecule has 1 amide bonds. The van der Waals surface area contributed by atoms with Crippen LogP contribution in [0, 0.1) is 6.92 Å². The van der Waals surface area contributed by atoms with Crippen molar-refractivity contribution in [2.75, 3.05) is 13.7 Å². The topological polar surface area (TPSA) is 75.6 Å². The van der Waals surface area contributed by atoms with Crippen LogP contribution < -0.4 is 5.32 Å². The Kier molecular flexibility index (Phi) is 6.02. The van der Waals surface area contributed by atoms with Gasteiger partial charge in [-0.3, -0.25) is 4.79 Å². The lowest BCUT2D eigenvalue weighted by molar-refractivity contribution is -0.148. The first kappa shape index (κ1) is 15.2. The number of ether oxygens (including phenoxy) is 1. The summed E-state index contributed by atoms with van der Waals surface area (Å²) in [4.78, 5) is 22.3. The summed E-state index contributed by atoms with van der Waals surface area (Å²) in [5.41, 5.74) is 2.27. The number of amides is 1. The van der Waals surface area contributed by atoms with Crippen molar-refractivity contribution in [2.24, 2.45) is 0 Å². The number of hydrogen-bond donors (Lipinski definition) is 2. The fourth-order valence-electron chi connectivity index (χ4n) is 1.71. The lowest BCUT2D eigenvalue weighted by atomic mass is 10.0. The van der Waals surface area contributed by atoms with Gasteiger partial charge in [-0.15, -0.1) is 0 Å². The third-order valence-corrected chi connectivity index (χ3v) is 2.93. The standard InChI is InChI=1S/C14H19NO4/c1-10-5-3-4-6-11(10)7-8-13(16)15-9-12(19-2)14(17)18/h3-6,12H,7-9H2,1-2H3,(H,15,16)(H,17,18). The van der Waals surface area contributed by atoms with Gasteiger partial charge in [-0.25, -0.2) is 4.79 Å². The van der Waals surface area contributed by atoms with E-state index < -0.39 is 12.1 Å². The van der Waals surface area contributed by atoms with E-state index in [0.717, 1.165) is 11.1 Å². The van der Waals surface area contributed by atoms with Crippen LogP contribution in [-0.4, -0.2) is 36.7 Å². The van der Waals surface area contributed by atoms with Gasteiger partial charge in [-0.05, 0) is 24.5 Å². The molecule has 104 valence electrons. The molecular weight excluding hydrogens is 246 g/mol. The molecule has 0 saturated carbocycles. The van der Waals surface area contributed by atoms with Crippen molar-refractivity contribution in [1.29, 1.82) is 0 Å². The molecule has 1 unspecified atom stereocenters. The van der Waals surface area contributed by atoms with E-state index in [-0.39, 0.29) is 12.5 Å². The molecule has 19 heavy (non-hydrogen) atoms. The van der Waals surface area contributed by atoms with Crippen molar-refractivity contribution in [2.45, 2.75) is 25.9 Å². The molecule has 5 heteroatoms. The molecule has 1 rings (SSSR count). The van der Waals surface area contributed by atoms with E-state index in [9.17, 15) is 9.59 Å². The maximum absolute atomic E-state index is 11.6. The minimum Gasteiger partial charge on any atom is -0.479 e. The minimum absolute atomic E-state index is 0.0154. The zero-order valence-corrected chi connectivity index (χ0v) is 11.2. The van der Waals surface area contributed by atoms with E-state index in [1.807, 2.05) is 31.2 Å². The average Bonchev–Trinajstić information content (AvgIpc) is 2.38. The van der Waals surface area contributed by atoms with Crippen molar-refractivity contribution in [3.8, 4) is 0 Å². The number of rotatable bonds is 7. The number of methoxy groups -OCH3 is 1. The number of aryl methyl sites for hydroxylation is 2. The van der Waals surface area contributed by atoms with Gasteiger partial charge in [-0.1, -0.05) is 24.3 Å². The Morgan fingerprint density at radius 2 is 2.05 bits per heavy atom. The lowest BCUT2D eigenvalue weighted by Crippen LogP contribution is -2.37. The van der Waals surface area contributed by atoms with Crippen LogP contribution in [0.3, 0.4) is 0 Å². The third-order valence-electron chi connectivity index (χ3n) is 2.93. The zero-order chi connectivity index (χ0) is 14.3. The van der Waals surface area contributed by atoms with Gasteiger partial charge in [0.1, 0.15) is 0 Å². The van der Waals surface area contributed by atoms with E-state index in [4.69, 9.17) is 9.84 Å². The van der Waals surface area contributed by atoms with Gasteiger partial charge in [0, 0.05) is 13.5 Å². The Labute approximate surface area is 112 Å². The van der Waals surface area contributed by atoms with Gasteiger partial charge in [-0.2, -0.15) is 0 Å². The zero-order valence-electron chi connectivity index (χ0n) is 11.2. The Morgan fingerprint density at radius 1 is 1.37 bits per heavy atom. The quantitative estimate of drug-likeness (QED) is 0.775. The van der Waals surface area contributed by atoms with Crippen LogP contribution in [0.15, 0.2) is 24.3 Å². The summed E-state index contributed by atoms with van der Waals surface area (Å²) < 4.78 is 4.73. The summed E-state index contributed by atoms with van der Waals surface area (Å²) in [6.45, 7) is 1.98. The maximum Gasteiger partial charge on any atom is 0.334 e. The molecule has 0 radical (unpaired) electrons. The fraction of sp³-hybridized carbons (Fsp3) is 0.429. The monoisotopic (exact) mass is 265 g/mol. The molecule has 2 N–H and O–H groups in total. The molecule has 1 atom stereocenters. The number of carbonyl (C=O) groups excluding carboxylic acids is 1. The van der Waals surface area contributed by atoms with Crippen LogP contribution >= 0.6 is 0 Å². The average molecular weight is 265 g/mol. The van der Waals surface area contributed by atoms with Gasteiger partial charge >= 0.3 is 5.97 Å². The number of hydrogen-bond acceptors (Lipinski definition) is 3. The van der Waals surface area contributed by atoms with Crippen LogP contribution in [0.2, 0.25) is 0 Å². The molecule has 0 fully saturated rings. The minimum atomic E-state index is -1.08. The first-order chi connectivity index (χ1) is 9.04. The highest BCUT2D eigenvalue weighted by Crippen LogP contribution is 2.09. The fourth-order valence-corrected chi connectivity index (χ4v) is 1.71. The molecule has 0 aromatic heterocycles. The molecule has 0 aliphatic carbocycles. The number of carbonyl (C=O) groups is 2. The molecule has 0 heterocycles. The van der Waals surface area contributed by atoms with Crippen LogP contribution in [0.1, 0.15) is 17.5 Å². The highest BCUT2D eigenvalue weighted by atomic mass is 16.5. The van der Waals surface area contributed by atoms with Crippen molar-refractivity contribution >= 4 is 11.9 Å². The van der Waals surface area contributed by atoms with Gasteiger partial charge in [0.2, 0.25) is 5.91 Å². The molecular formula is C14H19NO4. The second kappa shape index (κ2) is 7.53. The van der Waals surface area contributed by atoms with Crippen LogP contribution in [0.4, 0.5) is 0 Å². The molecule has 0 aliphatic heterocycles. The van der Waals surface area contributed by atoms with Crippen molar-refractivity contribution in [3.05, 3.63) is 35.4 Å². The maximum atomic E-state index is 11.6. The molecule has 1 aromatic rings. The number of carboxylic acids is 1. The Bertz CT molecular complexity index is 445. The van der Waals surface area contributed by atoms with Crippen molar-refractivity contribution in [3.63, 3.8) is 0 Å². The van der Waals surface area contributed by atoms with Crippen molar-refractivity contribution < 1.29 is 19.4 Å². The second-order valence-corrected chi connectivity index (χ2v) is 4.29. The SMILES string of the molecule is COC(CNC(=O)CCc1ccccc1C)C(=O)O. The normalized spacial score (nSPS) is 11.9. The lowest BCUT2D eigenvalue weighted by Gasteiger charge is -2.11. The predicted octanol–water partition coefficient (Wildman–Crippen LogP) is 1.14.